The van der Waals surface area contributed by atoms with Crippen LogP contribution in [-0.2, 0) is 30.7 Å². The largest absolute Gasteiger partial charge is 0.480 e. The number of amides is 1. The minimum Gasteiger partial charge on any atom is -0.480 e. The third-order valence-corrected chi connectivity index (χ3v) is 9.56. The quantitative estimate of drug-likeness (QED) is 0.0359. The molecule has 0 saturated heterocycles. The van der Waals surface area contributed by atoms with Crippen LogP contribution >= 0.6 is 54.0 Å². The van der Waals surface area contributed by atoms with Crippen molar-refractivity contribution in [2.45, 2.75) is 92.7 Å². The highest BCUT2D eigenvalue weighted by Crippen LogP contribution is 2.34. The number of aliphatic carboxylic acids is 1. The number of hydrogen-bond donors (Lipinski definition) is 6. The molecule has 0 radical (unpaired) electrons. The summed E-state index contributed by atoms with van der Waals surface area (Å²) < 4.78 is 26.8. The zero-order valence-corrected chi connectivity index (χ0v) is 42.8. The number of anilines is 3. The number of aromatic nitrogens is 5. The number of carbonyl (C=O) groups excluding carboxylic acids is 1. The topological polar surface area (TPSA) is 256 Å². The molecular formula is C42H60Cl4N9O10P. The van der Waals surface area contributed by atoms with Crippen LogP contribution in [0.3, 0.4) is 0 Å². The number of terminal acetylenes is 1. The Balaban J connectivity index is 0.000000456. The van der Waals surface area contributed by atoms with Gasteiger partial charge in [0.2, 0.25) is 29.0 Å². The first kappa shape index (κ1) is 59.5. The maximum atomic E-state index is 12.2. The number of carbonyl (C=O) groups is 2. The minimum atomic E-state index is -4.10. The van der Waals surface area contributed by atoms with E-state index in [1.807, 2.05) is 74.4 Å². The molecule has 366 valence electrons. The highest BCUT2D eigenvalue weighted by molar-refractivity contribution is 7.51. The summed E-state index contributed by atoms with van der Waals surface area (Å²) in [4.78, 5) is 64.2. The van der Waals surface area contributed by atoms with Gasteiger partial charge in [-0.25, -0.2) is 4.79 Å². The molecule has 0 bridgehead atoms. The number of methoxy groups -OCH3 is 1. The number of aryl methyl sites for hydroxylation is 2. The molecule has 1 amide bonds. The van der Waals surface area contributed by atoms with E-state index in [4.69, 9.17) is 81.6 Å². The fourth-order valence-electron chi connectivity index (χ4n) is 5.25. The van der Waals surface area contributed by atoms with Gasteiger partial charge in [0.05, 0.1) is 46.9 Å². The molecule has 0 spiro atoms. The number of nitrogens with one attached hydrogen (secondary N) is 3. The van der Waals surface area contributed by atoms with E-state index in [0.717, 1.165) is 34.5 Å². The highest BCUT2D eigenvalue weighted by Gasteiger charge is 2.26. The second-order valence-corrected chi connectivity index (χ2v) is 19.1. The standard InChI is InChI=1S/C15H14Cl2N2O3.C15H22ClNO2.C9H16ClN5.C3H8NO5P/c1-5-6-21-12-8-11(9(16)7-10(12)17)19-14(20)22-13(18-19)15(2,3)4;1-5-13-8-6-7-11(2)15(13)17(14(18)9-16)12(3)10-19-4;1-5-11-7-12-6(10)13-8(14-7)15-9(2,3)4;5-3(6)1-4-2-10(7,8)9/h1,7-8H,6H2,2-4H3;6-8,12H,5,9-10H2,1-4H3;5H2,1-4H3,(H2,11,12,13,14,15);4H,1-2H2,(H,5,6)(H2,7,8,9). The second-order valence-electron chi connectivity index (χ2n) is 16.0. The summed E-state index contributed by atoms with van der Waals surface area (Å²) in [6.45, 7) is 20.6. The molecule has 2 aromatic heterocycles. The number of alkyl halides is 1. The van der Waals surface area contributed by atoms with Crippen LogP contribution in [0.25, 0.3) is 5.69 Å². The van der Waals surface area contributed by atoms with Crippen molar-refractivity contribution in [3.63, 3.8) is 0 Å². The molecule has 66 heavy (non-hydrogen) atoms. The highest BCUT2D eigenvalue weighted by atomic mass is 35.5. The molecule has 0 fully saturated rings. The number of halogens is 4. The second kappa shape index (κ2) is 28.0. The molecule has 4 aromatic rings. The van der Waals surface area contributed by atoms with Crippen LogP contribution in [0.2, 0.25) is 15.3 Å². The molecular weight excluding hydrogens is 963 g/mol. The van der Waals surface area contributed by atoms with Crippen molar-refractivity contribution in [3.05, 3.63) is 73.2 Å². The monoisotopic (exact) mass is 1020 g/mol. The average Bonchev–Trinajstić information content (AvgIpc) is 3.59. The number of carboxylic acids is 1. The summed E-state index contributed by atoms with van der Waals surface area (Å²) in [5, 5.41) is 21.1. The van der Waals surface area contributed by atoms with E-state index in [-0.39, 0.29) is 45.3 Å². The first-order valence-electron chi connectivity index (χ1n) is 20.1. The van der Waals surface area contributed by atoms with Crippen LogP contribution in [0.15, 0.2) is 39.5 Å². The Hall–Kier alpha value is -4.48. The number of rotatable bonds is 16. The summed E-state index contributed by atoms with van der Waals surface area (Å²) in [5.41, 5.74) is 3.00. The summed E-state index contributed by atoms with van der Waals surface area (Å²) in [7, 11) is -2.46. The minimum absolute atomic E-state index is 0.0223. The Bertz CT molecular complexity index is 2340. The maximum Gasteiger partial charge on any atom is 0.442 e. The summed E-state index contributed by atoms with van der Waals surface area (Å²) in [6.07, 6.45) is 5.43. The SMILES string of the molecule is C#CCOc1cc(-n2nc(C(C)(C)C)oc2=O)c(Cl)cc1Cl.CCNc1nc(Cl)nc(NC(C)(C)C)n1.CCc1cccc(C)c1N(C(=O)CCl)C(C)COC.O=C(O)CNCP(=O)(O)O. The first-order chi connectivity index (χ1) is 30.6. The van der Waals surface area contributed by atoms with E-state index < -0.39 is 37.6 Å². The molecule has 0 aliphatic heterocycles. The third kappa shape index (κ3) is 21.4. The van der Waals surface area contributed by atoms with Gasteiger partial charge < -0.3 is 44.3 Å². The van der Waals surface area contributed by atoms with Crippen LogP contribution in [0, 0.1) is 19.3 Å². The van der Waals surface area contributed by atoms with Gasteiger partial charge in [0.15, 0.2) is 0 Å². The molecule has 4 rings (SSSR count). The van der Waals surface area contributed by atoms with Crippen molar-refractivity contribution in [2.75, 3.05) is 61.1 Å². The van der Waals surface area contributed by atoms with Gasteiger partial charge in [-0.15, -0.1) is 23.1 Å². The van der Waals surface area contributed by atoms with E-state index in [1.54, 1.807) is 12.0 Å². The predicted molar refractivity (Wildman–Crippen MR) is 260 cm³/mol. The molecule has 2 aromatic carbocycles. The Labute approximate surface area is 405 Å². The average molecular weight is 1020 g/mol. The molecule has 24 heteroatoms. The molecule has 1 atom stereocenters. The molecule has 6 N–H and O–H groups in total. The maximum absolute atomic E-state index is 12.2. The molecule has 19 nitrogen and oxygen atoms in total. The summed E-state index contributed by atoms with van der Waals surface area (Å²) in [6, 6.07) is 9.00. The number of ether oxygens (including phenoxy) is 2. The van der Waals surface area contributed by atoms with Crippen LogP contribution in [0.4, 0.5) is 17.6 Å². The number of hydrogen-bond acceptors (Lipinski definition) is 14. The lowest BCUT2D eigenvalue weighted by molar-refractivity contribution is -0.135. The van der Waals surface area contributed by atoms with Gasteiger partial charge in [-0.05, 0) is 76.8 Å². The van der Waals surface area contributed by atoms with Gasteiger partial charge in [0, 0.05) is 30.7 Å². The van der Waals surface area contributed by atoms with Crippen molar-refractivity contribution < 1.29 is 42.9 Å². The fourth-order valence-corrected chi connectivity index (χ4v) is 6.46. The van der Waals surface area contributed by atoms with Crippen molar-refractivity contribution >= 4 is 83.5 Å². The van der Waals surface area contributed by atoms with Gasteiger partial charge in [-0.1, -0.05) is 75.0 Å². The van der Waals surface area contributed by atoms with E-state index in [9.17, 15) is 18.9 Å². The van der Waals surface area contributed by atoms with Crippen LogP contribution in [-0.4, -0.2) is 109 Å². The predicted octanol–water partition coefficient (Wildman–Crippen LogP) is 7.57. The summed E-state index contributed by atoms with van der Waals surface area (Å²) in [5.74, 6) is 2.03. The van der Waals surface area contributed by atoms with Crippen LogP contribution in [0.1, 0.15) is 79.3 Å². The normalized spacial score (nSPS) is 11.6. The fraction of sp³-hybridized carbons (Fsp3) is 0.500. The van der Waals surface area contributed by atoms with E-state index in [2.05, 4.69) is 54.9 Å². The molecule has 0 aliphatic carbocycles. The molecule has 0 aliphatic rings. The van der Waals surface area contributed by atoms with Crippen LogP contribution in [0.5, 0.6) is 5.75 Å². The molecule has 1 unspecified atom stereocenters. The van der Waals surface area contributed by atoms with Gasteiger partial charge in [-0.3, -0.25) is 19.5 Å². The van der Waals surface area contributed by atoms with Crippen LogP contribution < -0.4 is 31.3 Å². The Morgan fingerprint density at radius 3 is 2.18 bits per heavy atom. The van der Waals surface area contributed by atoms with Gasteiger partial charge in [0.25, 0.3) is 0 Å². The lowest BCUT2D eigenvalue weighted by Gasteiger charge is -2.31. The Morgan fingerprint density at radius 1 is 1.05 bits per heavy atom. The van der Waals surface area contributed by atoms with E-state index >= 15 is 0 Å². The first-order valence-corrected chi connectivity index (χ1v) is 23.6. The number of para-hydroxylation sites is 1. The zero-order chi connectivity index (χ0) is 50.6. The van der Waals surface area contributed by atoms with Gasteiger partial charge in [0.1, 0.15) is 18.2 Å². The van der Waals surface area contributed by atoms with Crippen molar-refractivity contribution in [1.29, 1.82) is 0 Å². The third-order valence-electron chi connectivity index (χ3n) is 7.93. The Kier molecular flexibility index (Phi) is 25.2. The van der Waals surface area contributed by atoms with E-state index in [1.165, 1.54) is 12.1 Å². The van der Waals surface area contributed by atoms with E-state index in [0.29, 0.717) is 35.8 Å². The van der Waals surface area contributed by atoms with Crippen molar-refractivity contribution in [2.24, 2.45) is 0 Å². The molecule has 2 heterocycles. The van der Waals surface area contributed by atoms with Crippen molar-refractivity contribution in [1.82, 2.24) is 30.0 Å². The smallest absolute Gasteiger partial charge is 0.442 e. The van der Waals surface area contributed by atoms with Crippen molar-refractivity contribution in [3.8, 4) is 23.8 Å². The lowest BCUT2D eigenvalue weighted by Crippen LogP contribution is -2.43. The lowest BCUT2D eigenvalue weighted by atomic mass is 9.97. The van der Waals surface area contributed by atoms with Gasteiger partial charge in [-0.2, -0.15) is 19.6 Å². The summed E-state index contributed by atoms with van der Waals surface area (Å²) >= 11 is 23.7. The number of carboxylic acid groups (broad SMARTS) is 1. The molecule has 0 saturated carbocycles. The number of nitrogens with zero attached hydrogens (tertiary/aromatic N) is 6. The Morgan fingerprint density at radius 2 is 1.68 bits per heavy atom. The van der Waals surface area contributed by atoms with Gasteiger partial charge >= 0.3 is 19.3 Å². The zero-order valence-electron chi connectivity index (χ0n) is 38.8. The number of benzene rings is 2.